The van der Waals surface area contributed by atoms with Gasteiger partial charge in [0.1, 0.15) is 0 Å². The quantitative estimate of drug-likeness (QED) is 0.472. The minimum Gasteiger partial charge on any atom is -0.494 e. The summed E-state index contributed by atoms with van der Waals surface area (Å²) in [5.41, 5.74) is 8.13. The Balaban J connectivity index is 1.49. The molecule has 0 saturated carbocycles. The number of aromatic nitrogens is 6. The highest BCUT2D eigenvalue weighted by atomic mass is 19.1. The lowest BCUT2D eigenvalue weighted by Crippen LogP contribution is -2.41. The van der Waals surface area contributed by atoms with Crippen molar-refractivity contribution in [1.29, 1.82) is 0 Å². The van der Waals surface area contributed by atoms with E-state index in [4.69, 9.17) is 15.5 Å². The topological polar surface area (TPSA) is 120 Å². The molecule has 33 heavy (non-hydrogen) atoms. The molecular formula is C22H27FN8O2. The summed E-state index contributed by atoms with van der Waals surface area (Å²) in [5.74, 6) is 0.519. The molecule has 3 aromatic heterocycles. The number of nitrogen functional groups attached to an aromatic ring is 1. The number of ether oxygens (including phenoxy) is 1. The van der Waals surface area contributed by atoms with Crippen LogP contribution in [-0.4, -0.2) is 60.3 Å². The van der Waals surface area contributed by atoms with Crippen molar-refractivity contribution in [2.24, 2.45) is 0 Å². The van der Waals surface area contributed by atoms with E-state index in [1.54, 1.807) is 11.6 Å². The van der Waals surface area contributed by atoms with Crippen LogP contribution in [0.2, 0.25) is 0 Å². The van der Waals surface area contributed by atoms with E-state index < -0.39 is 11.9 Å². The van der Waals surface area contributed by atoms with E-state index in [9.17, 15) is 9.50 Å². The van der Waals surface area contributed by atoms with Crippen molar-refractivity contribution >= 4 is 28.2 Å². The first kappa shape index (κ1) is 21.4. The third kappa shape index (κ3) is 3.82. The molecule has 5 rings (SSSR count). The van der Waals surface area contributed by atoms with E-state index >= 15 is 0 Å². The highest BCUT2D eigenvalue weighted by molar-refractivity contribution is 5.93. The lowest BCUT2D eigenvalue weighted by molar-refractivity contribution is 0.168. The maximum Gasteiger partial charge on any atom is 0.223 e. The number of piperidine rings is 1. The molecule has 10 nitrogen and oxygen atoms in total. The van der Waals surface area contributed by atoms with Gasteiger partial charge in [-0.25, -0.2) is 14.4 Å². The molecule has 0 bridgehead atoms. The summed E-state index contributed by atoms with van der Waals surface area (Å²) >= 11 is 0. The zero-order valence-corrected chi connectivity index (χ0v) is 18.8. The third-order valence-electron chi connectivity index (χ3n) is 6.24. The molecule has 4 heterocycles. The fourth-order valence-electron chi connectivity index (χ4n) is 4.53. The van der Waals surface area contributed by atoms with E-state index in [-0.39, 0.29) is 17.6 Å². The Morgan fingerprint density at radius 3 is 2.88 bits per heavy atom. The highest BCUT2D eigenvalue weighted by Crippen LogP contribution is 2.33. The van der Waals surface area contributed by atoms with Gasteiger partial charge in [0.05, 0.1) is 37.2 Å². The number of aliphatic hydroxyl groups is 1. The summed E-state index contributed by atoms with van der Waals surface area (Å²) in [5, 5.41) is 19.2. The molecule has 0 amide bonds. The number of methoxy groups -OCH3 is 1. The minimum absolute atomic E-state index is 0.0683. The van der Waals surface area contributed by atoms with E-state index in [2.05, 4.69) is 27.0 Å². The number of rotatable bonds is 5. The summed E-state index contributed by atoms with van der Waals surface area (Å²) in [6.45, 7) is 5.08. The number of benzene rings is 1. The predicted molar refractivity (Wildman–Crippen MR) is 122 cm³/mol. The normalized spacial score (nSPS) is 20.0. The summed E-state index contributed by atoms with van der Waals surface area (Å²) < 4.78 is 22.7. The highest BCUT2D eigenvalue weighted by Gasteiger charge is 2.30. The average molecular weight is 455 g/mol. The number of hydrogen-bond acceptors (Lipinski definition) is 8. The summed E-state index contributed by atoms with van der Waals surface area (Å²) in [6.07, 6.45) is 5.19. The second kappa shape index (κ2) is 8.14. The van der Waals surface area contributed by atoms with Crippen LogP contribution in [0.4, 0.5) is 16.0 Å². The summed E-state index contributed by atoms with van der Waals surface area (Å²) in [6, 6.07) is 3.21. The van der Waals surface area contributed by atoms with Gasteiger partial charge in [0.15, 0.2) is 23.0 Å². The summed E-state index contributed by atoms with van der Waals surface area (Å²) in [7, 11) is 1.41. The van der Waals surface area contributed by atoms with Gasteiger partial charge in [-0.05, 0) is 32.8 Å². The van der Waals surface area contributed by atoms with Crippen molar-refractivity contribution < 1.29 is 14.2 Å². The molecule has 0 unspecified atom stereocenters. The van der Waals surface area contributed by atoms with E-state index in [0.717, 1.165) is 18.5 Å². The second-order valence-electron chi connectivity index (χ2n) is 8.72. The van der Waals surface area contributed by atoms with Crippen LogP contribution in [0.5, 0.6) is 5.75 Å². The standard InChI is InChI=1S/C22H27FN8O2/c1-12-4-5-14(10-30(12)15-8-25-29(11-15)9-13(2)32)20-27-21-16-6-17(23)19(33-3)7-18(16)26-22(24)31(21)28-20/h6-8,11-14,32H,4-5,9-10H2,1-3H3,(H2,24,26)/t12-,13-,14+/m0/s1. The molecular weight excluding hydrogens is 427 g/mol. The fraction of sp³-hybridized carbons (Fsp3) is 0.455. The molecule has 3 atom stereocenters. The monoisotopic (exact) mass is 454 g/mol. The number of aliphatic hydroxyl groups excluding tert-OH is 1. The van der Waals surface area contributed by atoms with Crippen LogP contribution in [0.3, 0.4) is 0 Å². The third-order valence-corrected chi connectivity index (χ3v) is 6.24. The van der Waals surface area contributed by atoms with Crippen molar-refractivity contribution in [2.45, 2.75) is 51.3 Å². The number of nitrogens with two attached hydrogens (primary N) is 1. The number of fused-ring (bicyclic) bond motifs is 3. The smallest absolute Gasteiger partial charge is 0.223 e. The Morgan fingerprint density at radius 2 is 2.12 bits per heavy atom. The van der Waals surface area contributed by atoms with Gasteiger partial charge < -0.3 is 20.5 Å². The second-order valence-corrected chi connectivity index (χ2v) is 8.72. The van der Waals surface area contributed by atoms with Crippen molar-refractivity contribution in [3.63, 3.8) is 0 Å². The van der Waals surface area contributed by atoms with Gasteiger partial charge in [0.25, 0.3) is 0 Å². The molecule has 1 saturated heterocycles. The van der Waals surface area contributed by atoms with Crippen LogP contribution in [0.25, 0.3) is 16.6 Å². The largest absolute Gasteiger partial charge is 0.494 e. The molecule has 0 aliphatic carbocycles. The molecule has 4 aromatic rings. The van der Waals surface area contributed by atoms with Crippen LogP contribution in [0.1, 0.15) is 38.4 Å². The lowest BCUT2D eigenvalue weighted by atomic mass is 9.92. The van der Waals surface area contributed by atoms with Gasteiger partial charge in [0.2, 0.25) is 5.95 Å². The molecule has 1 aromatic carbocycles. The number of anilines is 2. The first-order valence-electron chi connectivity index (χ1n) is 11.0. The number of halogens is 1. The van der Waals surface area contributed by atoms with Crippen molar-refractivity contribution in [3.8, 4) is 5.75 Å². The Morgan fingerprint density at radius 1 is 1.30 bits per heavy atom. The summed E-state index contributed by atoms with van der Waals surface area (Å²) in [4.78, 5) is 11.4. The first-order valence-corrected chi connectivity index (χ1v) is 11.0. The molecule has 1 aliphatic rings. The molecule has 174 valence electrons. The van der Waals surface area contributed by atoms with Crippen LogP contribution < -0.4 is 15.4 Å². The van der Waals surface area contributed by atoms with Gasteiger partial charge in [-0.1, -0.05) is 0 Å². The van der Waals surface area contributed by atoms with Gasteiger partial charge in [0, 0.05) is 36.2 Å². The Labute approximate surface area is 189 Å². The maximum atomic E-state index is 14.4. The van der Waals surface area contributed by atoms with Gasteiger partial charge in [-0.2, -0.15) is 9.61 Å². The van der Waals surface area contributed by atoms with Crippen LogP contribution >= 0.6 is 0 Å². The zero-order chi connectivity index (χ0) is 23.3. The zero-order valence-electron chi connectivity index (χ0n) is 18.8. The SMILES string of the molecule is COc1cc2nc(N)n3nc([C@@H]4CC[C@H](C)N(c5cnn(C[C@H](C)O)c5)C4)nc3c2cc1F. The minimum atomic E-state index is -0.491. The van der Waals surface area contributed by atoms with Crippen LogP contribution in [0.15, 0.2) is 24.5 Å². The van der Waals surface area contributed by atoms with Gasteiger partial charge in [-0.15, -0.1) is 5.10 Å². The predicted octanol–water partition coefficient (Wildman–Crippen LogP) is 2.36. The number of nitrogens with zero attached hydrogens (tertiary/aromatic N) is 7. The van der Waals surface area contributed by atoms with E-state index in [0.29, 0.717) is 41.5 Å². The molecule has 0 spiro atoms. The Hall–Kier alpha value is -3.47. The van der Waals surface area contributed by atoms with Crippen LogP contribution in [0, 0.1) is 5.82 Å². The molecule has 1 aliphatic heterocycles. The average Bonchev–Trinajstić information content (AvgIpc) is 3.42. The van der Waals surface area contributed by atoms with Gasteiger partial charge >= 0.3 is 0 Å². The van der Waals surface area contributed by atoms with Crippen molar-refractivity contribution in [3.05, 3.63) is 36.2 Å². The molecule has 11 heteroatoms. The Bertz CT molecular complexity index is 1320. The van der Waals surface area contributed by atoms with E-state index in [1.165, 1.54) is 23.8 Å². The van der Waals surface area contributed by atoms with E-state index in [1.807, 2.05) is 12.4 Å². The number of hydrogen-bond donors (Lipinski definition) is 2. The van der Waals surface area contributed by atoms with Gasteiger partial charge in [-0.3, -0.25) is 4.68 Å². The molecule has 1 fully saturated rings. The van der Waals surface area contributed by atoms with Crippen molar-refractivity contribution in [2.75, 3.05) is 24.3 Å². The van der Waals surface area contributed by atoms with Crippen LogP contribution in [-0.2, 0) is 6.54 Å². The fourth-order valence-corrected chi connectivity index (χ4v) is 4.53. The molecule has 3 N–H and O–H groups in total. The first-order chi connectivity index (χ1) is 15.8. The maximum absolute atomic E-state index is 14.4. The van der Waals surface area contributed by atoms with Crippen molar-refractivity contribution in [1.82, 2.24) is 29.4 Å². The lowest BCUT2D eigenvalue weighted by Gasteiger charge is -2.37. The molecule has 0 radical (unpaired) electrons. The Kier molecular flexibility index (Phi) is 5.28.